The van der Waals surface area contributed by atoms with E-state index in [-0.39, 0.29) is 18.4 Å². The van der Waals surface area contributed by atoms with Crippen molar-refractivity contribution in [2.75, 3.05) is 31.5 Å². The Hall–Kier alpha value is -4.24. The molecule has 11 nitrogen and oxygen atoms in total. The highest BCUT2D eigenvalue weighted by molar-refractivity contribution is 5.97. The third-order valence-electron chi connectivity index (χ3n) is 7.36. The van der Waals surface area contributed by atoms with Crippen LogP contribution in [0.15, 0.2) is 48.5 Å². The Morgan fingerprint density at radius 2 is 1.51 bits per heavy atom. The van der Waals surface area contributed by atoms with Crippen LogP contribution in [0.4, 0.5) is 5.69 Å². The van der Waals surface area contributed by atoms with Gasteiger partial charge in [-0.2, -0.15) is 0 Å². The van der Waals surface area contributed by atoms with Gasteiger partial charge in [-0.15, -0.1) is 0 Å². The van der Waals surface area contributed by atoms with Crippen LogP contribution in [0.2, 0.25) is 0 Å². The van der Waals surface area contributed by atoms with Gasteiger partial charge in [0, 0.05) is 61.0 Å². The second kappa shape index (κ2) is 13.9. The van der Waals surface area contributed by atoms with Crippen molar-refractivity contribution in [3.63, 3.8) is 0 Å². The fraction of sp³-hybridized carbons (Fsp3) is 0.400. The molecule has 1 saturated carbocycles. The zero-order valence-electron chi connectivity index (χ0n) is 23.1. The highest BCUT2D eigenvalue weighted by Crippen LogP contribution is 2.31. The Morgan fingerprint density at radius 1 is 0.951 bits per heavy atom. The molecule has 216 valence electrons. The van der Waals surface area contributed by atoms with Crippen molar-refractivity contribution in [2.24, 2.45) is 5.73 Å². The molecule has 2 fully saturated rings. The van der Waals surface area contributed by atoms with Crippen molar-refractivity contribution >= 4 is 29.3 Å². The fourth-order valence-corrected chi connectivity index (χ4v) is 4.88. The lowest BCUT2D eigenvalue weighted by molar-refractivity contribution is -0.131. The molecule has 2 aliphatic rings. The van der Waals surface area contributed by atoms with Gasteiger partial charge < -0.3 is 21.3 Å². The highest BCUT2D eigenvalue weighted by atomic mass is 16.5. The number of hydrogen-bond donors (Lipinski definition) is 5. The van der Waals surface area contributed by atoms with E-state index >= 15 is 0 Å². The number of nitrogens with two attached hydrogens (primary N) is 1. The molecule has 1 saturated heterocycles. The van der Waals surface area contributed by atoms with E-state index in [1.54, 1.807) is 31.2 Å². The molecule has 0 unspecified atom stereocenters. The van der Waals surface area contributed by atoms with E-state index in [1.165, 1.54) is 5.48 Å². The van der Waals surface area contributed by atoms with Gasteiger partial charge in [0.15, 0.2) is 0 Å². The van der Waals surface area contributed by atoms with E-state index < -0.39 is 17.9 Å². The van der Waals surface area contributed by atoms with E-state index in [2.05, 4.69) is 27.4 Å². The average molecular weight is 561 g/mol. The molecule has 2 aromatic rings. The number of piperidine rings is 1. The first-order valence-corrected chi connectivity index (χ1v) is 13.8. The molecule has 0 spiro atoms. The van der Waals surface area contributed by atoms with Crippen LogP contribution in [0.5, 0.6) is 0 Å². The summed E-state index contributed by atoms with van der Waals surface area (Å²) in [4.78, 5) is 52.5. The van der Waals surface area contributed by atoms with Gasteiger partial charge in [0.25, 0.3) is 11.8 Å². The summed E-state index contributed by atoms with van der Waals surface area (Å²) in [5.74, 6) is 4.87. The molecule has 2 aromatic carbocycles. The maximum atomic E-state index is 12.9. The van der Waals surface area contributed by atoms with Gasteiger partial charge in [0.05, 0.1) is 6.54 Å². The number of carbonyl (C=O) groups is 4. The Morgan fingerprint density at radius 3 is 2.02 bits per heavy atom. The molecule has 0 radical (unpaired) electrons. The van der Waals surface area contributed by atoms with Gasteiger partial charge in [0.1, 0.15) is 6.04 Å². The van der Waals surface area contributed by atoms with Crippen LogP contribution < -0.4 is 21.8 Å². The van der Waals surface area contributed by atoms with Gasteiger partial charge >= 0.3 is 0 Å². The molecule has 0 bridgehead atoms. The van der Waals surface area contributed by atoms with Gasteiger partial charge in [0.2, 0.25) is 11.8 Å². The van der Waals surface area contributed by atoms with Crippen molar-refractivity contribution in [1.82, 2.24) is 20.6 Å². The molecule has 41 heavy (non-hydrogen) atoms. The molecule has 4 amide bonds. The third-order valence-corrected chi connectivity index (χ3v) is 7.36. The summed E-state index contributed by atoms with van der Waals surface area (Å²) >= 11 is 0. The summed E-state index contributed by atoms with van der Waals surface area (Å²) in [6, 6.07) is 13.6. The number of benzene rings is 2. The van der Waals surface area contributed by atoms with E-state index in [0.717, 1.165) is 44.3 Å². The standard InChI is InChI=1S/C30H36N6O5/c1-20(37)35-16-14-26(15-17-35)36(25-12-13-25)19-28(38)32-24-10-6-22(7-11-24)3-2-21-4-8-23(9-5-21)29(39)33-27(18-31)30(40)34-41/h4-11,25-27,41H,12-19,31H2,1H3,(H,32,38)(H,33,39)(H,34,40)/t27-/m0/s1. The second-order valence-electron chi connectivity index (χ2n) is 10.3. The van der Waals surface area contributed by atoms with Gasteiger partial charge in [-0.05, 0) is 74.2 Å². The molecule has 1 heterocycles. The highest BCUT2D eigenvalue weighted by Gasteiger charge is 2.36. The quantitative estimate of drug-likeness (QED) is 0.174. The summed E-state index contributed by atoms with van der Waals surface area (Å²) in [5, 5.41) is 14.2. The Kier molecular flexibility index (Phi) is 10.1. The summed E-state index contributed by atoms with van der Waals surface area (Å²) in [6.45, 7) is 3.27. The molecule has 1 atom stereocenters. The van der Waals surface area contributed by atoms with Gasteiger partial charge in [-0.1, -0.05) is 11.8 Å². The molecule has 4 rings (SSSR count). The first-order chi connectivity index (χ1) is 19.8. The van der Waals surface area contributed by atoms with Crippen LogP contribution >= 0.6 is 0 Å². The molecule has 11 heteroatoms. The molecular formula is C30H36N6O5. The number of rotatable bonds is 9. The van der Waals surface area contributed by atoms with Crippen LogP contribution in [-0.4, -0.2) is 82.9 Å². The Labute approximate surface area is 239 Å². The van der Waals surface area contributed by atoms with Crippen LogP contribution in [0, 0.1) is 11.8 Å². The Balaban J connectivity index is 1.28. The number of hydrogen-bond acceptors (Lipinski definition) is 7. The largest absolute Gasteiger partial charge is 0.343 e. The van der Waals surface area contributed by atoms with Crippen molar-refractivity contribution in [3.8, 4) is 11.8 Å². The molecule has 0 aromatic heterocycles. The van der Waals surface area contributed by atoms with Crippen LogP contribution in [0.3, 0.4) is 0 Å². The number of hydroxylamine groups is 1. The van der Waals surface area contributed by atoms with E-state index in [9.17, 15) is 19.2 Å². The lowest BCUT2D eigenvalue weighted by Gasteiger charge is -2.38. The second-order valence-corrected chi connectivity index (χ2v) is 10.3. The van der Waals surface area contributed by atoms with Crippen molar-refractivity contribution in [1.29, 1.82) is 0 Å². The summed E-state index contributed by atoms with van der Waals surface area (Å²) in [7, 11) is 0. The number of amides is 4. The van der Waals surface area contributed by atoms with Gasteiger partial charge in [-0.25, -0.2) is 5.48 Å². The normalized spacial score (nSPS) is 15.9. The SMILES string of the molecule is CC(=O)N1CCC(N(CC(=O)Nc2ccc(C#Cc3ccc(C(=O)N[C@@H](CN)C(=O)NO)cc3)cc2)C2CC2)CC1. The zero-order valence-corrected chi connectivity index (χ0v) is 23.1. The maximum Gasteiger partial charge on any atom is 0.267 e. The van der Waals surface area contributed by atoms with E-state index in [4.69, 9.17) is 10.9 Å². The van der Waals surface area contributed by atoms with E-state index in [1.807, 2.05) is 29.2 Å². The monoisotopic (exact) mass is 560 g/mol. The minimum atomic E-state index is -1.05. The molecule has 1 aliphatic heterocycles. The number of likely N-dealkylation sites (tertiary alicyclic amines) is 1. The number of nitrogens with zero attached hydrogens (tertiary/aromatic N) is 2. The van der Waals surface area contributed by atoms with Crippen LogP contribution in [-0.2, 0) is 14.4 Å². The predicted molar refractivity (Wildman–Crippen MR) is 153 cm³/mol. The molecular weight excluding hydrogens is 524 g/mol. The zero-order chi connectivity index (χ0) is 29.4. The lowest BCUT2D eigenvalue weighted by atomic mass is 10.0. The first-order valence-electron chi connectivity index (χ1n) is 13.8. The molecule has 1 aliphatic carbocycles. The third kappa shape index (κ3) is 8.38. The number of nitrogens with one attached hydrogen (secondary N) is 3. The number of carbonyl (C=O) groups excluding carboxylic acids is 4. The lowest BCUT2D eigenvalue weighted by Crippen LogP contribution is -2.50. The Bertz CT molecular complexity index is 1310. The van der Waals surface area contributed by atoms with Crippen LogP contribution in [0.25, 0.3) is 0 Å². The minimum absolute atomic E-state index is 0.0522. The van der Waals surface area contributed by atoms with Crippen molar-refractivity contribution < 1.29 is 24.4 Å². The molecule has 6 N–H and O–H groups in total. The van der Waals surface area contributed by atoms with Crippen LogP contribution in [0.1, 0.15) is 54.1 Å². The predicted octanol–water partition coefficient (Wildman–Crippen LogP) is 1.06. The average Bonchev–Trinajstić information content (AvgIpc) is 3.83. The summed E-state index contributed by atoms with van der Waals surface area (Å²) < 4.78 is 0. The van der Waals surface area contributed by atoms with Crippen molar-refractivity contribution in [3.05, 3.63) is 65.2 Å². The minimum Gasteiger partial charge on any atom is -0.343 e. The first kappa shape index (κ1) is 29.7. The smallest absolute Gasteiger partial charge is 0.267 e. The summed E-state index contributed by atoms with van der Waals surface area (Å²) in [5.41, 5.74) is 9.41. The number of anilines is 1. The topological polar surface area (TPSA) is 157 Å². The van der Waals surface area contributed by atoms with E-state index in [0.29, 0.717) is 35.4 Å². The van der Waals surface area contributed by atoms with Crippen molar-refractivity contribution in [2.45, 2.75) is 50.7 Å². The van der Waals surface area contributed by atoms with Gasteiger partial charge in [-0.3, -0.25) is 29.3 Å². The maximum absolute atomic E-state index is 12.9. The fourth-order valence-electron chi connectivity index (χ4n) is 4.88. The summed E-state index contributed by atoms with van der Waals surface area (Å²) in [6.07, 6.45) is 4.01.